The van der Waals surface area contributed by atoms with Gasteiger partial charge in [0.05, 0.1) is 6.61 Å². The minimum absolute atomic E-state index is 0.184. The van der Waals surface area contributed by atoms with Crippen LogP contribution in [-0.2, 0) is 16.1 Å². The number of hydrogen-bond acceptors (Lipinski definition) is 5. The number of aryl methyl sites for hydroxylation is 2. The van der Waals surface area contributed by atoms with Crippen LogP contribution in [0.25, 0.3) is 0 Å². The molecule has 0 aromatic heterocycles. The second-order valence-electron chi connectivity index (χ2n) is 7.92. The Hall–Kier alpha value is -3.31. The summed E-state index contributed by atoms with van der Waals surface area (Å²) in [7, 11) is 0. The van der Waals surface area contributed by atoms with Crippen LogP contribution < -0.4 is 9.47 Å². The molecule has 2 atom stereocenters. The maximum atomic E-state index is 12.8. The molecule has 5 nitrogen and oxygen atoms in total. The molecule has 1 N–H and O–H groups in total. The third-order valence-corrected chi connectivity index (χ3v) is 5.45. The molecule has 3 rings (SSSR count). The largest absolute Gasteiger partial charge is 0.489 e. The third-order valence-electron chi connectivity index (χ3n) is 5.45. The zero-order chi connectivity index (χ0) is 23.1. The van der Waals surface area contributed by atoms with Gasteiger partial charge in [-0.3, -0.25) is 0 Å². The molecule has 0 saturated heterocycles. The lowest BCUT2D eigenvalue weighted by molar-refractivity contribution is -0.171. The van der Waals surface area contributed by atoms with E-state index in [0.29, 0.717) is 23.7 Å². The highest BCUT2D eigenvalue weighted by Crippen LogP contribution is 2.34. The summed E-state index contributed by atoms with van der Waals surface area (Å²) in [4.78, 5) is 12.8. The SMILES string of the molecule is CCOC(=O)C(C)(Oc1ccc(C)c(C)c1)C(O)c1ccc(OCc2ccccc2)cc1. The predicted octanol–water partition coefficient (Wildman–Crippen LogP) is 5.32. The van der Waals surface area contributed by atoms with Crippen molar-refractivity contribution < 1.29 is 24.1 Å². The van der Waals surface area contributed by atoms with Gasteiger partial charge in [0, 0.05) is 0 Å². The molecule has 168 valence electrons. The van der Waals surface area contributed by atoms with Crippen LogP contribution in [-0.4, -0.2) is 23.3 Å². The molecule has 0 bridgehead atoms. The Kier molecular flexibility index (Phi) is 7.54. The fraction of sp³-hybridized carbons (Fsp3) is 0.296. The van der Waals surface area contributed by atoms with Gasteiger partial charge in [0.1, 0.15) is 24.2 Å². The first-order valence-corrected chi connectivity index (χ1v) is 10.7. The van der Waals surface area contributed by atoms with Gasteiger partial charge in [-0.15, -0.1) is 0 Å². The monoisotopic (exact) mass is 434 g/mol. The van der Waals surface area contributed by atoms with Crippen molar-refractivity contribution in [3.63, 3.8) is 0 Å². The maximum Gasteiger partial charge on any atom is 0.353 e. The van der Waals surface area contributed by atoms with Gasteiger partial charge >= 0.3 is 5.97 Å². The molecule has 0 aliphatic carbocycles. The average Bonchev–Trinajstić information content (AvgIpc) is 2.80. The Balaban J connectivity index is 1.79. The van der Waals surface area contributed by atoms with Gasteiger partial charge in [-0.05, 0) is 74.2 Å². The van der Waals surface area contributed by atoms with E-state index in [4.69, 9.17) is 14.2 Å². The van der Waals surface area contributed by atoms with Gasteiger partial charge in [0.15, 0.2) is 0 Å². The highest BCUT2D eigenvalue weighted by atomic mass is 16.6. The molecule has 0 amide bonds. The predicted molar refractivity (Wildman–Crippen MR) is 124 cm³/mol. The fourth-order valence-electron chi connectivity index (χ4n) is 3.31. The molecule has 0 radical (unpaired) electrons. The van der Waals surface area contributed by atoms with Crippen LogP contribution in [0.5, 0.6) is 11.5 Å². The zero-order valence-electron chi connectivity index (χ0n) is 19.0. The van der Waals surface area contributed by atoms with E-state index in [1.807, 2.05) is 56.3 Å². The fourth-order valence-corrected chi connectivity index (χ4v) is 3.31. The number of rotatable bonds is 9. The topological polar surface area (TPSA) is 65.0 Å². The maximum absolute atomic E-state index is 12.8. The molecule has 5 heteroatoms. The molecule has 2 unspecified atom stereocenters. The first-order valence-electron chi connectivity index (χ1n) is 10.7. The molecular weight excluding hydrogens is 404 g/mol. The van der Waals surface area contributed by atoms with Crippen LogP contribution in [0.4, 0.5) is 0 Å². The Morgan fingerprint density at radius 3 is 2.22 bits per heavy atom. The Morgan fingerprint density at radius 2 is 1.59 bits per heavy atom. The van der Waals surface area contributed by atoms with Crippen LogP contribution in [0.3, 0.4) is 0 Å². The molecule has 0 heterocycles. The molecule has 0 spiro atoms. The Labute approximate surface area is 189 Å². The van der Waals surface area contributed by atoms with Crippen LogP contribution in [0.2, 0.25) is 0 Å². The van der Waals surface area contributed by atoms with Crippen molar-refractivity contribution in [2.45, 2.75) is 46.0 Å². The van der Waals surface area contributed by atoms with Crippen LogP contribution in [0, 0.1) is 13.8 Å². The second kappa shape index (κ2) is 10.3. The van der Waals surface area contributed by atoms with Crippen molar-refractivity contribution in [3.8, 4) is 11.5 Å². The summed E-state index contributed by atoms with van der Waals surface area (Å²) in [5, 5.41) is 11.2. The highest BCUT2D eigenvalue weighted by Gasteiger charge is 2.45. The minimum atomic E-state index is -1.62. The molecule has 0 aliphatic heterocycles. The number of carbonyl (C=O) groups is 1. The Morgan fingerprint density at radius 1 is 0.938 bits per heavy atom. The van der Waals surface area contributed by atoms with E-state index in [1.165, 1.54) is 0 Å². The van der Waals surface area contributed by atoms with Crippen LogP contribution >= 0.6 is 0 Å². The second-order valence-corrected chi connectivity index (χ2v) is 7.92. The molecule has 3 aromatic carbocycles. The van der Waals surface area contributed by atoms with Gasteiger partial charge in [-0.1, -0.05) is 48.5 Å². The smallest absolute Gasteiger partial charge is 0.353 e. The summed E-state index contributed by atoms with van der Waals surface area (Å²) < 4.78 is 17.1. The number of aliphatic hydroxyl groups is 1. The summed E-state index contributed by atoms with van der Waals surface area (Å²) in [6.07, 6.45) is -1.24. The summed E-state index contributed by atoms with van der Waals surface area (Å²) in [5.41, 5.74) is 2.11. The van der Waals surface area contributed by atoms with Crippen molar-refractivity contribution in [1.82, 2.24) is 0 Å². The minimum Gasteiger partial charge on any atom is -0.489 e. The molecule has 32 heavy (non-hydrogen) atoms. The van der Waals surface area contributed by atoms with Crippen molar-refractivity contribution in [2.75, 3.05) is 6.61 Å². The van der Waals surface area contributed by atoms with E-state index in [-0.39, 0.29) is 6.61 Å². The third kappa shape index (κ3) is 5.48. The summed E-state index contributed by atoms with van der Waals surface area (Å²) in [5.74, 6) is 0.526. The van der Waals surface area contributed by atoms with E-state index in [9.17, 15) is 9.90 Å². The molecular formula is C27H30O5. The number of ether oxygens (including phenoxy) is 3. The van der Waals surface area contributed by atoms with Crippen molar-refractivity contribution in [2.24, 2.45) is 0 Å². The van der Waals surface area contributed by atoms with Crippen LogP contribution in [0.15, 0.2) is 72.8 Å². The number of aliphatic hydroxyl groups excluding tert-OH is 1. The van der Waals surface area contributed by atoms with E-state index in [2.05, 4.69) is 0 Å². The molecule has 0 fully saturated rings. The lowest BCUT2D eigenvalue weighted by Gasteiger charge is -2.33. The first-order chi connectivity index (χ1) is 15.3. The normalized spacial score (nSPS) is 13.7. The van der Waals surface area contributed by atoms with Crippen molar-refractivity contribution >= 4 is 5.97 Å². The van der Waals surface area contributed by atoms with E-state index < -0.39 is 17.7 Å². The van der Waals surface area contributed by atoms with Crippen LogP contribution in [0.1, 0.15) is 42.2 Å². The summed E-state index contributed by atoms with van der Waals surface area (Å²) in [6.45, 7) is 7.86. The standard InChI is InChI=1S/C27H30O5/c1-5-30-26(29)27(4,32-24-14-11-19(2)20(3)17-24)25(28)22-12-15-23(16-13-22)31-18-21-9-7-6-8-10-21/h6-17,25,28H,5,18H2,1-4H3. The summed E-state index contributed by atoms with van der Waals surface area (Å²) in [6, 6.07) is 22.4. The first kappa shape index (κ1) is 23.4. The van der Waals surface area contributed by atoms with E-state index in [0.717, 1.165) is 16.7 Å². The highest BCUT2D eigenvalue weighted by molar-refractivity contribution is 5.81. The van der Waals surface area contributed by atoms with Gasteiger partial charge in [-0.2, -0.15) is 0 Å². The number of carbonyl (C=O) groups excluding carboxylic acids is 1. The number of benzene rings is 3. The van der Waals surface area contributed by atoms with Gasteiger partial charge in [-0.25, -0.2) is 4.79 Å². The number of esters is 1. The van der Waals surface area contributed by atoms with E-state index >= 15 is 0 Å². The van der Waals surface area contributed by atoms with Crippen molar-refractivity contribution in [3.05, 3.63) is 95.1 Å². The molecule has 3 aromatic rings. The number of hydrogen-bond donors (Lipinski definition) is 1. The average molecular weight is 435 g/mol. The van der Waals surface area contributed by atoms with Gasteiger partial charge in [0.2, 0.25) is 5.60 Å². The lowest BCUT2D eigenvalue weighted by Crippen LogP contribution is -2.48. The molecule has 0 aliphatic rings. The Bertz CT molecular complexity index is 1030. The zero-order valence-corrected chi connectivity index (χ0v) is 19.0. The molecule has 0 saturated carbocycles. The van der Waals surface area contributed by atoms with E-state index in [1.54, 1.807) is 44.2 Å². The quantitative estimate of drug-likeness (QED) is 0.462. The lowest BCUT2D eigenvalue weighted by atomic mass is 9.92. The van der Waals surface area contributed by atoms with Gasteiger partial charge < -0.3 is 19.3 Å². The summed E-state index contributed by atoms with van der Waals surface area (Å²) >= 11 is 0. The van der Waals surface area contributed by atoms with Gasteiger partial charge in [0.25, 0.3) is 0 Å². The van der Waals surface area contributed by atoms with Crippen molar-refractivity contribution in [1.29, 1.82) is 0 Å².